The van der Waals surface area contributed by atoms with E-state index in [2.05, 4.69) is 24.3 Å². The normalized spacial score (nSPS) is 19.5. The zero-order valence-corrected chi connectivity index (χ0v) is 30.3. The first kappa shape index (κ1) is 35.7. The number of carbonyl (C=O) groups is 2. The van der Waals surface area contributed by atoms with Crippen molar-refractivity contribution in [2.45, 2.75) is 77.0 Å². The molecule has 12 nitrogen and oxygen atoms in total. The molecule has 0 spiro atoms. The van der Waals surface area contributed by atoms with Gasteiger partial charge in [-0.15, -0.1) is 0 Å². The lowest BCUT2D eigenvalue weighted by molar-refractivity contribution is -0.929. The predicted octanol–water partition coefficient (Wildman–Crippen LogP) is 3.75. The molecular formula is C39H46FN6O6+. The van der Waals surface area contributed by atoms with E-state index in [0.717, 1.165) is 59.2 Å². The topological polar surface area (TPSA) is 149 Å². The number of aliphatic hydroxyl groups is 1. The Morgan fingerprint density at radius 2 is 1.88 bits per heavy atom. The van der Waals surface area contributed by atoms with E-state index in [-0.39, 0.29) is 47.9 Å². The number of carbonyl (C=O) groups excluding carboxylic acids is 2. The molecule has 13 heteroatoms. The lowest BCUT2D eigenvalue weighted by atomic mass is 9.86. The van der Waals surface area contributed by atoms with Gasteiger partial charge in [-0.25, -0.2) is 14.2 Å². The molecule has 2 aromatic heterocycles. The van der Waals surface area contributed by atoms with Crippen LogP contribution in [0.25, 0.3) is 22.3 Å². The summed E-state index contributed by atoms with van der Waals surface area (Å²) in [5, 5.41) is 14.9. The molecule has 0 saturated carbocycles. The zero-order valence-electron chi connectivity index (χ0n) is 30.3. The number of nitrogens with zero attached hydrogens (tertiary/aromatic N) is 4. The number of rotatable bonds is 9. The van der Waals surface area contributed by atoms with E-state index >= 15 is 4.39 Å². The number of esters is 1. The molecule has 274 valence electrons. The Morgan fingerprint density at radius 3 is 2.54 bits per heavy atom. The number of halogens is 1. The summed E-state index contributed by atoms with van der Waals surface area (Å²) in [7, 11) is 5.94. The molecule has 2 atom stereocenters. The number of aromatic nitrogens is 2. The molecule has 4 aromatic rings. The van der Waals surface area contributed by atoms with Crippen LogP contribution in [0.3, 0.4) is 0 Å². The van der Waals surface area contributed by atoms with Crippen LogP contribution in [0.4, 0.5) is 10.1 Å². The van der Waals surface area contributed by atoms with Crippen molar-refractivity contribution in [3.05, 3.63) is 86.5 Å². The summed E-state index contributed by atoms with van der Waals surface area (Å²) >= 11 is 0. The summed E-state index contributed by atoms with van der Waals surface area (Å²) in [6.45, 7) is 6.45. The summed E-state index contributed by atoms with van der Waals surface area (Å²) in [4.78, 5) is 45.8. The van der Waals surface area contributed by atoms with Gasteiger partial charge in [0.1, 0.15) is 13.2 Å². The molecule has 3 aliphatic rings. The number of anilines is 1. The van der Waals surface area contributed by atoms with Crippen LogP contribution in [0.5, 0.6) is 5.75 Å². The lowest BCUT2D eigenvalue weighted by Crippen LogP contribution is -2.53. The molecule has 1 amide bonds. The van der Waals surface area contributed by atoms with Gasteiger partial charge in [0.2, 0.25) is 5.91 Å². The molecule has 1 fully saturated rings. The average Bonchev–Trinajstić information content (AvgIpc) is 3.49. The average molecular weight is 714 g/mol. The van der Waals surface area contributed by atoms with E-state index in [0.29, 0.717) is 29.5 Å². The number of quaternary nitrogens is 1. The number of fused-ring (bicyclic) bond motifs is 5. The van der Waals surface area contributed by atoms with Gasteiger partial charge in [0, 0.05) is 66.3 Å². The first-order chi connectivity index (χ1) is 24.7. The third-order valence-corrected chi connectivity index (χ3v) is 11.2. The maximum Gasteiger partial charge on any atom is 0.343 e. The summed E-state index contributed by atoms with van der Waals surface area (Å²) in [5.41, 5.74) is 9.07. The van der Waals surface area contributed by atoms with Crippen LogP contribution in [0, 0.1) is 5.82 Å². The number of pyridine rings is 2. The lowest BCUT2D eigenvalue weighted by Gasteiger charge is -2.43. The van der Waals surface area contributed by atoms with Crippen molar-refractivity contribution in [2.75, 3.05) is 39.6 Å². The van der Waals surface area contributed by atoms with Gasteiger partial charge in [0.15, 0.2) is 17.2 Å². The van der Waals surface area contributed by atoms with E-state index in [1.165, 1.54) is 18.7 Å². The fourth-order valence-electron chi connectivity index (χ4n) is 8.05. The minimum atomic E-state index is -1.94. The van der Waals surface area contributed by atoms with Crippen LogP contribution in [-0.2, 0) is 46.2 Å². The highest BCUT2D eigenvalue weighted by molar-refractivity contribution is 5.94. The SMILES string of the molecule is CC[C@@]1(O)C(=O)OCc2c1cc1n(c2=O)Cc2c-1nc1cc(F)c(OC)cc1c2CN1CCC([N+](C)(C)Cc2ccc(NC(=O)[C@H](C)N)cc2)CC1. The second-order valence-electron chi connectivity index (χ2n) is 14.9. The highest BCUT2D eigenvalue weighted by atomic mass is 19.1. The maximum atomic E-state index is 15.1. The second-order valence-corrected chi connectivity index (χ2v) is 14.9. The Bertz CT molecular complexity index is 2140. The second kappa shape index (κ2) is 13.4. The van der Waals surface area contributed by atoms with Gasteiger partial charge < -0.3 is 34.7 Å². The number of ether oxygens (including phenoxy) is 2. The molecule has 1 saturated heterocycles. The van der Waals surface area contributed by atoms with Crippen molar-refractivity contribution in [2.24, 2.45) is 5.73 Å². The number of nitrogens with one attached hydrogen (secondary N) is 1. The summed E-state index contributed by atoms with van der Waals surface area (Å²) in [6, 6.07) is 12.5. The number of benzene rings is 2. The fourth-order valence-corrected chi connectivity index (χ4v) is 8.05. The van der Waals surface area contributed by atoms with Crippen molar-refractivity contribution in [1.82, 2.24) is 14.5 Å². The number of methoxy groups -OCH3 is 1. The molecule has 0 bridgehead atoms. The van der Waals surface area contributed by atoms with Crippen LogP contribution in [0.1, 0.15) is 60.9 Å². The summed E-state index contributed by atoms with van der Waals surface area (Å²) in [5.74, 6) is -1.43. The van der Waals surface area contributed by atoms with Crippen molar-refractivity contribution in [3.8, 4) is 17.1 Å². The van der Waals surface area contributed by atoms with Crippen molar-refractivity contribution >= 4 is 28.5 Å². The number of nitrogens with two attached hydrogens (primary N) is 1. The van der Waals surface area contributed by atoms with E-state index in [4.69, 9.17) is 20.2 Å². The van der Waals surface area contributed by atoms with Crippen LogP contribution in [0.2, 0.25) is 0 Å². The molecule has 3 aliphatic heterocycles. The van der Waals surface area contributed by atoms with Crippen LogP contribution in [0.15, 0.2) is 47.3 Å². The van der Waals surface area contributed by atoms with Crippen molar-refractivity contribution < 1.29 is 33.0 Å². The van der Waals surface area contributed by atoms with Crippen LogP contribution < -0.4 is 21.3 Å². The van der Waals surface area contributed by atoms with E-state index in [1.807, 2.05) is 24.3 Å². The monoisotopic (exact) mass is 713 g/mol. The van der Waals surface area contributed by atoms with Gasteiger partial charge >= 0.3 is 5.97 Å². The van der Waals surface area contributed by atoms with Crippen LogP contribution in [-0.4, -0.2) is 82.3 Å². The Balaban J connectivity index is 1.16. The van der Waals surface area contributed by atoms with E-state index in [1.54, 1.807) is 30.5 Å². The van der Waals surface area contributed by atoms with Gasteiger partial charge in [0.25, 0.3) is 5.56 Å². The first-order valence-electron chi connectivity index (χ1n) is 17.8. The maximum absolute atomic E-state index is 15.1. The number of piperidine rings is 1. The number of hydrogen-bond donors (Lipinski definition) is 3. The van der Waals surface area contributed by atoms with E-state index in [9.17, 15) is 19.5 Å². The molecule has 2 aromatic carbocycles. The smallest absolute Gasteiger partial charge is 0.343 e. The van der Waals surface area contributed by atoms with E-state index < -0.39 is 23.4 Å². The quantitative estimate of drug-likeness (QED) is 0.153. The first-order valence-corrected chi connectivity index (χ1v) is 17.8. The van der Waals surface area contributed by atoms with Crippen molar-refractivity contribution in [1.29, 1.82) is 0 Å². The van der Waals surface area contributed by atoms with Crippen LogP contribution >= 0.6 is 0 Å². The molecule has 7 rings (SSSR count). The predicted molar refractivity (Wildman–Crippen MR) is 194 cm³/mol. The van der Waals surface area contributed by atoms with Gasteiger partial charge in [-0.3, -0.25) is 14.5 Å². The van der Waals surface area contributed by atoms with Gasteiger partial charge in [0.05, 0.1) is 62.3 Å². The fraction of sp³-hybridized carbons (Fsp3) is 0.436. The minimum absolute atomic E-state index is 0.0437. The zero-order chi connectivity index (χ0) is 37.1. The molecule has 0 aliphatic carbocycles. The Morgan fingerprint density at radius 1 is 1.17 bits per heavy atom. The highest BCUT2D eigenvalue weighted by Crippen LogP contribution is 2.41. The van der Waals surface area contributed by atoms with Gasteiger partial charge in [-0.05, 0) is 43.2 Å². The number of cyclic esters (lactones) is 1. The molecule has 5 heterocycles. The van der Waals surface area contributed by atoms with Gasteiger partial charge in [-0.2, -0.15) is 0 Å². The third kappa shape index (κ3) is 6.15. The Kier molecular flexibility index (Phi) is 9.18. The molecular weight excluding hydrogens is 667 g/mol. The van der Waals surface area contributed by atoms with Crippen molar-refractivity contribution in [3.63, 3.8) is 0 Å². The largest absolute Gasteiger partial charge is 0.494 e. The standard InChI is InChI=1S/C39H45FN6O6/c1-6-39(50)30-16-33-35-28(19-45(33)37(48)29(30)21-52-38(39)49)27(26-15-34(51-5)31(40)17-32(26)43-35)18-44-13-11-25(12-14-44)46(3,4)20-23-7-9-24(10-8-23)42-36(47)22(2)41/h7-10,15-17,22,25,50H,6,11-14,18-21,41H2,1-5H3/p+1/t22-,39-/m0/s1. The molecule has 52 heavy (non-hydrogen) atoms. The number of amides is 1. The Labute approximate surface area is 301 Å². The molecule has 4 N–H and O–H groups in total. The molecule has 0 radical (unpaired) electrons. The Hall–Kier alpha value is -4.69. The number of likely N-dealkylation sites (tertiary alicyclic amines) is 1. The number of hydrogen-bond acceptors (Lipinski definition) is 9. The highest BCUT2D eigenvalue weighted by Gasteiger charge is 2.45. The minimum Gasteiger partial charge on any atom is -0.494 e. The van der Waals surface area contributed by atoms with Gasteiger partial charge in [-0.1, -0.05) is 19.1 Å². The summed E-state index contributed by atoms with van der Waals surface area (Å²) < 4.78 is 28.2. The molecule has 0 unspecified atom stereocenters. The third-order valence-electron chi connectivity index (χ3n) is 11.2. The summed E-state index contributed by atoms with van der Waals surface area (Å²) in [6.07, 6.45) is 1.98.